The number of aromatic nitrogens is 1. The molecule has 0 aliphatic carbocycles. The van der Waals surface area contributed by atoms with Crippen molar-refractivity contribution in [3.8, 4) is 17.9 Å². The lowest BCUT2D eigenvalue weighted by Gasteiger charge is -2.07. The Labute approximate surface area is 166 Å². The van der Waals surface area contributed by atoms with Crippen molar-refractivity contribution in [3.05, 3.63) is 82.3 Å². The molecule has 0 unspecified atom stereocenters. The topological polar surface area (TPSA) is 45.8 Å². The van der Waals surface area contributed by atoms with Gasteiger partial charge in [-0.05, 0) is 42.0 Å². The molecule has 0 atom stereocenters. The van der Waals surface area contributed by atoms with Crippen LogP contribution >= 0.6 is 0 Å². The van der Waals surface area contributed by atoms with E-state index in [2.05, 4.69) is 30.0 Å². The first kappa shape index (κ1) is 19.5. The second-order valence-electron chi connectivity index (χ2n) is 6.90. The van der Waals surface area contributed by atoms with Gasteiger partial charge in [-0.15, -0.1) is 0 Å². The van der Waals surface area contributed by atoms with Gasteiger partial charge in [0.1, 0.15) is 0 Å². The van der Waals surface area contributed by atoms with E-state index in [4.69, 9.17) is 5.26 Å². The summed E-state index contributed by atoms with van der Waals surface area (Å²) >= 11 is 0. The molecular formula is C25H24N2O. The molecule has 0 aliphatic rings. The lowest BCUT2D eigenvalue weighted by molar-refractivity contribution is 0.566. The minimum atomic E-state index is 0.0428. The van der Waals surface area contributed by atoms with Crippen LogP contribution in [0.3, 0.4) is 0 Å². The highest BCUT2D eigenvalue weighted by molar-refractivity contribution is 5.82. The van der Waals surface area contributed by atoms with E-state index in [1.807, 2.05) is 48.7 Å². The molecule has 3 rings (SSSR count). The maximum atomic E-state index is 12.8. The number of benzene rings is 2. The summed E-state index contributed by atoms with van der Waals surface area (Å²) in [5.74, 6) is 6.37. The molecular weight excluding hydrogens is 344 g/mol. The predicted molar refractivity (Wildman–Crippen MR) is 114 cm³/mol. The van der Waals surface area contributed by atoms with E-state index >= 15 is 0 Å². The molecule has 0 N–H and O–H groups in total. The summed E-state index contributed by atoms with van der Waals surface area (Å²) in [6, 6.07) is 20.2. The average molecular weight is 368 g/mol. The Hall–Kier alpha value is -3.30. The molecule has 0 bridgehead atoms. The Morgan fingerprint density at radius 1 is 0.929 bits per heavy atom. The van der Waals surface area contributed by atoms with Gasteiger partial charge in [0.05, 0.1) is 6.07 Å². The van der Waals surface area contributed by atoms with Crippen molar-refractivity contribution in [1.82, 2.24) is 4.57 Å². The van der Waals surface area contributed by atoms with Crippen molar-refractivity contribution in [3.63, 3.8) is 0 Å². The molecule has 1 heterocycles. The number of hydrogen-bond acceptors (Lipinski definition) is 2. The Bertz CT molecular complexity index is 1080. The molecule has 3 aromatic rings. The van der Waals surface area contributed by atoms with Crippen LogP contribution in [0.2, 0.25) is 0 Å². The normalized spacial score (nSPS) is 10.2. The molecule has 0 radical (unpaired) electrons. The predicted octanol–water partition coefficient (Wildman–Crippen LogP) is 5.07. The van der Waals surface area contributed by atoms with Gasteiger partial charge in [-0.25, -0.2) is 0 Å². The van der Waals surface area contributed by atoms with Crippen LogP contribution in [0.1, 0.15) is 43.2 Å². The van der Waals surface area contributed by atoms with E-state index in [1.165, 1.54) is 5.56 Å². The molecule has 0 saturated carbocycles. The smallest absolute Gasteiger partial charge is 0.258 e. The zero-order chi connectivity index (χ0) is 19.6. The standard InChI is InChI=1S/C25H24N2O/c26-17-7-2-1-3-8-18-27-19-16-23-15-14-22(20-24(23)25(27)28)13-9-12-21-10-5-4-6-11-21/h4-6,10-11,14-16,19-20H,1-3,7-8,12,18H2. The maximum absolute atomic E-state index is 12.8. The SMILES string of the molecule is N#CCCCCCCn1ccc2ccc(C#CCc3ccccc3)cc2c1=O. The number of nitrogens with zero attached hydrogens (tertiary/aromatic N) is 2. The molecule has 0 fully saturated rings. The second-order valence-corrected chi connectivity index (χ2v) is 6.90. The number of aryl methyl sites for hydroxylation is 1. The number of hydrogen-bond donors (Lipinski definition) is 0. The monoisotopic (exact) mass is 368 g/mol. The molecule has 140 valence electrons. The van der Waals surface area contributed by atoms with E-state index in [1.54, 1.807) is 4.57 Å². The van der Waals surface area contributed by atoms with Crippen molar-refractivity contribution in [2.24, 2.45) is 0 Å². The van der Waals surface area contributed by atoms with Crippen molar-refractivity contribution in [2.75, 3.05) is 0 Å². The first-order valence-electron chi connectivity index (χ1n) is 9.81. The van der Waals surface area contributed by atoms with E-state index < -0.39 is 0 Å². The van der Waals surface area contributed by atoms with Gasteiger partial charge in [-0.1, -0.05) is 61.1 Å². The molecule has 0 amide bonds. The number of rotatable bonds is 7. The summed E-state index contributed by atoms with van der Waals surface area (Å²) < 4.78 is 1.79. The molecule has 28 heavy (non-hydrogen) atoms. The van der Waals surface area contributed by atoms with E-state index in [-0.39, 0.29) is 5.56 Å². The van der Waals surface area contributed by atoms with Crippen molar-refractivity contribution in [1.29, 1.82) is 5.26 Å². The van der Waals surface area contributed by atoms with Crippen molar-refractivity contribution < 1.29 is 0 Å². The van der Waals surface area contributed by atoms with E-state index in [0.29, 0.717) is 19.4 Å². The largest absolute Gasteiger partial charge is 0.315 e. The zero-order valence-electron chi connectivity index (χ0n) is 16.0. The van der Waals surface area contributed by atoms with Crippen molar-refractivity contribution in [2.45, 2.75) is 45.1 Å². The third-order valence-corrected chi connectivity index (χ3v) is 4.78. The van der Waals surface area contributed by atoms with Gasteiger partial charge in [0.25, 0.3) is 5.56 Å². The minimum absolute atomic E-state index is 0.0428. The third kappa shape index (κ3) is 5.35. The lowest BCUT2D eigenvalue weighted by Crippen LogP contribution is -2.19. The molecule has 2 aromatic carbocycles. The maximum Gasteiger partial charge on any atom is 0.258 e. The van der Waals surface area contributed by atoms with Crippen LogP contribution in [0, 0.1) is 23.2 Å². The molecule has 3 heteroatoms. The molecule has 0 aliphatic heterocycles. The second kappa shape index (κ2) is 10.1. The number of nitriles is 1. The van der Waals surface area contributed by atoms with Crippen LogP contribution in [-0.4, -0.2) is 4.57 Å². The lowest BCUT2D eigenvalue weighted by atomic mass is 10.1. The first-order chi connectivity index (χ1) is 13.8. The van der Waals surface area contributed by atoms with Crippen LogP contribution in [0.5, 0.6) is 0 Å². The Morgan fingerprint density at radius 2 is 1.75 bits per heavy atom. The fourth-order valence-electron chi connectivity index (χ4n) is 3.22. The Balaban J connectivity index is 1.69. The van der Waals surface area contributed by atoms with Gasteiger partial charge < -0.3 is 4.57 Å². The van der Waals surface area contributed by atoms with Gasteiger partial charge >= 0.3 is 0 Å². The number of pyridine rings is 1. The quantitative estimate of drug-likeness (QED) is 0.432. The van der Waals surface area contributed by atoms with Crippen molar-refractivity contribution >= 4 is 10.8 Å². The summed E-state index contributed by atoms with van der Waals surface area (Å²) in [6.07, 6.45) is 7.16. The number of unbranched alkanes of at least 4 members (excludes halogenated alkanes) is 4. The summed E-state index contributed by atoms with van der Waals surface area (Å²) in [7, 11) is 0. The summed E-state index contributed by atoms with van der Waals surface area (Å²) in [5.41, 5.74) is 2.10. The summed E-state index contributed by atoms with van der Waals surface area (Å²) in [5, 5.41) is 10.2. The Kier molecular flexibility index (Phi) is 7.05. The van der Waals surface area contributed by atoms with Crippen LogP contribution < -0.4 is 5.56 Å². The number of fused-ring (bicyclic) bond motifs is 1. The first-order valence-corrected chi connectivity index (χ1v) is 9.81. The minimum Gasteiger partial charge on any atom is -0.315 e. The average Bonchev–Trinajstić information content (AvgIpc) is 2.73. The highest BCUT2D eigenvalue weighted by atomic mass is 16.1. The van der Waals surface area contributed by atoms with E-state index in [0.717, 1.165) is 42.0 Å². The highest BCUT2D eigenvalue weighted by Crippen LogP contribution is 2.12. The molecule has 3 nitrogen and oxygen atoms in total. The fraction of sp³-hybridized carbons (Fsp3) is 0.280. The highest BCUT2D eigenvalue weighted by Gasteiger charge is 2.03. The van der Waals surface area contributed by atoms with Gasteiger partial charge in [-0.2, -0.15) is 5.26 Å². The van der Waals surface area contributed by atoms with Gasteiger partial charge in [0.15, 0.2) is 0 Å². The van der Waals surface area contributed by atoms with Crippen LogP contribution in [-0.2, 0) is 13.0 Å². The molecule has 0 spiro atoms. The van der Waals surface area contributed by atoms with Gasteiger partial charge in [0.2, 0.25) is 0 Å². The van der Waals surface area contributed by atoms with Gasteiger partial charge in [0, 0.05) is 36.5 Å². The zero-order valence-corrected chi connectivity index (χ0v) is 16.0. The molecule has 1 aromatic heterocycles. The summed E-state index contributed by atoms with van der Waals surface area (Å²) in [6.45, 7) is 0.714. The Morgan fingerprint density at radius 3 is 2.57 bits per heavy atom. The molecule has 0 saturated heterocycles. The van der Waals surface area contributed by atoms with Crippen LogP contribution in [0.15, 0.2) is 65.6 Å². The van der Waals surface area contributed by atoms with Gasteiger partial charge in [-0.3, -0.25) is 4.79 Å². The third-order valence-electron chi connectivity index (χ3n) is 4.78. The summed E-state index contributed by atoms with van der Waals surface area (Å²) in [4.78, 5) is 12.8. The van der Waals surface area contributed by atoms with Crippen LogP contribution in [0.25, 0.3) is 10.8 Å². The van der Waals surface area contributed by atoms with E-state index in [9.17, 15) is 4.79 Å². The fourth-order valence-corrected chi connectivity index (χ4v) is 3.22. The van der Waals surface area contributed by atoms with Crippen LogP contribution in [0.4, 0.5) is 0 Å².